The number of methoxy groups -OCH3 is 1. The second-order valence-corrected chi connectivity index (χ2v) is 8.44. The van der Waals surface area contributed by atoms with Gasteiger partial charge in [0.2, 0.25) is 15.0 Å². The number of carbonyl (C=O) groups is 2. The van der Waals surface area contributed by atoms with Crippen LogP contribution >= 0.6 is 22.9 Å². The number of nitrogens with zero attached hydrogens (tertiary/aromatic N) is 2. The molecule has 0 saturated carbocycles. The Labute approximate surface area is 147 Å². The first kappa shape index (κ1) is 18.8. The van der Waals surface area contributed by atoms with E-state index in [9.17, 15) is 18.0 Å². The van der Waals surface area contributed by atoms with Crippen molar-refractivity contribution < 1.29 is 22.7 Å². The van der Waals surface area contributed by atoms with E-state index in [4.69, 9.17) is 16.3 Å². The van der Waals surface area contributed by atoms with Gasteiger partial charge in [-0.25, -0.2) is 8.42 Å². The zero-order chi connectivity index (χ0) is 17.9. The van der Waals surface area contributed by atoms with Crippen molar-refractivity contribution in [1.29, 1.82) is 0 Å². The van der Waals surface area contributed by atoms with E-state index in [1.54, 1.807) is 29.9 Å². The Morgan fingerprint density at radius 1 is 1.38 bits per heavy atom. The molecular weight excluding hydrogens is 376 g/mol. The van der Waals surface area contributed by atoms with Gasteiger partial charge in [-0.2, -0.15) is 4.99 Å². The zero-order valence-electron chi connectivity index (χ0n) is 13.0. The number of carbonyl (C=O) groups excluding carboxylic acids is 2. The molecule has 0 spiro atoms. The molecule has 0 fully saturated rings. The van der Waals surface area contributed by atoms with Crippen LogP contribution in [-0.4, -0.2) is 43.5 Å². The Bertz CT molecular complexity index is 959. The maximum atomic E-state index is 11.9. The molecular formula is C14H15ClN2O5S2. The number of hydrogen-bond donors (Lipinski definition) is 0. The molecule has 0 bridgehead atoms. The predicted molar refractivity (Wildman–Crippen MR) is 91.7 cm³/mol. The average molecular weight is 391 g/mol. The molecule has 0 saturated heterocycles. The van der Waals surface area contributed by atoms with Crippen molar-refractivity contribution in [3.63, 3.8) is 0 Å². The first-order chi connectivity index (χ1) is 11.2. The number of rotatable bonds is 5. The van der Waals surface area contributed by atoms with Gasteiger partial charge in [0.15, 0.2) is 4.80 Å². The van der Waals surface area contributed by atoms with Crippen LogP contribution in [0.4, 0.5) is 0 Å². The lowest BCUT2D eigenvalue weighted by molar-refractivity contribution is -0.116. The topological polar surface area (TPSA) is 94.8 Å². The van der Waals surface area contributed by atoms with E-state index in [2.05, 4.69) is 4.99 Å². The molecule has 130 valence electrons. The van der Waals surface area contributed by atoms with Crippen LogP contribution in [0, 0.1) is 0 Å². The molecule has 0 atom stereocenters. The standard InChI is InChI=1S/C14H15ClN2O5S2/c1-9(18)24(20,21)8-13(19)16-14-17(5-6-22-2)11-4-3-10(15)7-12(11)23-14/h3-4,7H,5-6,8H2,1-2H3. The van der Waals surface area contributed by atoms with E-state index in [-0.39, 0.29) is 0 Å². The maximum absolute atomic E-state index is 11.9. The third kappa shape index (κ3) is 4.29. The molecule has 10 heteroatoms. The second kappa shape index (κ2) is 7.56. The number of hydrogen-bond acceptors (Lipinski definition) is 6. The van der Waals surface area contributed by atoms with E-state index in [1.165, 1.54) is 11.3 Å². The van der Waals surface area contributed by atoms with Crippen LogP contribution in [0.3, 0.4) is 0 Å². The summed E-state index contributed by atoms with van der Waals surface area (Å²) >= 11 is 7.18. The molecule has 2 rings (SSSR count). The molecule has 1 heterocycles. The Hall–Kier alpha value is -1.55. The number of thiazole rings is 1. The van der Waals surface area contributed by atoms with Crippen molar-refractivity contribution in [3.8, 4) is 0 Å². The number of aromatic nitrogens is 1. The molecule has 7 nitrogen and oxygen atoms in total. The summed E-state index contributed by atoms with van der Waals surface area (Å²) in [7, 11) is -2.57. The Kier molecular flexibility index (Phi) is 5.92. The van der Waals surface area contributed by atoms with E-state index in [0.29, 0.717) is 23.0 Å². The molecule has 1 amide bonds. The molecule has 1 aromatic heterocycles. The minimum absolute atomic E-state index is 0.327. The average Bonchev–Trinajstić information content (AvgIpc) is 2.80. The maximum Gasteiger partial charge on any atom is 0.264 e. The van der Waals surface area contributed by atoms with Crippen LogP contribution in [-0.2, 0) is 30.7 Å². The number of sulfone groups is 1. The van der Waals surface area contributed by atoms with Gasteiger partial charge in [0.25, 0.3) is 5.91 Å². The molecule has 0 aliphatic heterocycles. The lowest BCUT2D eigenvalue weighted by Gasteiger charge is -2.04. The van der Waals surface area contributed by atoms with Crippen molar-refractivity contribution >= 4 is 54.0 Å². The largest absolute Gasteiger partial charge is 0.383 e. The van der Waals surface area contributed by atoms with Gasteiger partial charge < -0.3 is 9.30 Å². The van der Waals surface area contributed by atoms with Gasteiger partial charge in [0.1, 0.15) is 5.75 Å². The first-order valence-electron chi connectivity index (χ1n) is 6.83. The molecule has 0 radical (unpaired) electrons. The SMILES string of the molecule is COCCn1c(=NC(=O)CS(=O)(=O)C(C)=O)sc2cc(Cl)ccc21. The lowest BCUT2D eigenvalue weighted by atomic mass is 10.3. The van der Waals surface area contributed by atoms with Crippen molar-refractivity contribution in [3.05, 3.63) is 28.0 Å². The molecule has 2 aromatic rings. The third-order valence-corrected chi connectivity index (χ3v) is 5.91. The smallest absolute Gasteiger partial charge is 0.264 e. The number of ether oxygens (including phenoxy) is 1. The fraction of sp³-hybridized carbons (Fsp3) is 0.357. The van der Waals surface area contributed by atoms with Crippen LogP contribution in [0.2, 0.25) is 5.02 Å². The Morgan fingerprint density at radius 3 is 2.71 bits per heavy atom. The van der Waals surface area contributed by atoms with Gasteiger partial charge >= 0.3 is 0 Å². The highest BCUT2D eigenvalue weighted by Gasteiger charge is 2.21. The Balaban J connectivity index is 2.49. The Morgan fingerprint density at radius 2 is 2.08 bits per heavy atom. The highest BCUT2D eigenvalue weighted by atomic mass is 35.5. The van der Waals surface area contributed by atoms with Crippen LogP contribution < -0.4 is 4.80 Å². The van der Waals surface area contributed by atoms with Crippen LogP contribution in [0.15, 0.2) is 23.2 Å². The first-order valence-corrected chi connectivity index (χ1v) is 9.68. The number of amides is 1. The van der Waals surface area contributed by atoms with E-state index < -0.39 is 26.6 Å². The highest BCUT2D eigenvalue weighted by molar-refractivity contribution is 8.06. The van der Waals surface area contributed by atoms with Gasteiger partial charge in [-0.3, -0.25) is 9.59 Å². The summed E-state index contributed by atoms with van der Waals surface area (Å²) in [6.45, 7) is 1.73. The van der Waals surface area contributed by atoms with Crippen LogP contribution in [0.25, 0.3) is 10.2 Å². The number of fused-ring (bicyclic) bond motifs is 1. The summed E-state index contributed by atoms with van der Waals surface area (Å²) in [6.07, 6.45) is 0. The van der Waals surface area contributed by atoms with Crippen molar-refractivity contribution in [1.82, 2.24) is 4.57 Å². The quantitative estimate of drug-likeness (QED) is 0.768. The van der Waals surface area contributed by atoms with Crippen molar-refractivity contribution in [2.75, 3.05) is 19.5 Å². The van der Waals surface area contributed by atoms with Crippen molar-refractivity contribution in [2.45, 2.75) is 13.5 Å². The van der Waals surface area contributed by atoms with Crippen LogP contribution in [0.5, 0.6) is 0 Å². The summed E-state index contributed by atoms with van der Waals surface area (Å²) in [4.78, 5) is 27.2. The minimum atomic E-state index is -4.12. The summed E-state index contributed by atoms with van der Waals surface area (Å²) < 4.78 is 30.7. The van der Waals surface area contributed by atoms with Gasteiger partial charge in [0, 0.05) is 25.6 Å². The molecule has 1 aromatic carbocycles. The monoisotopic (exact) mass is 390 g/mol. The molecule has 0 unspecified atom stereocenters. The fourth-order valence-corrected chi connectivity index (χ4v) is 3.88. The number of benzene rings is 1. The van der Waals surface area contributed by atoms with Crippen LogP contribution in [0.1, 0.15) is 6.92 Å². The van der Waals surface area contributed by atoms with Gasteiger partial charge in [-0.1, -0.05) is 22.9 Å². The molecule has 0 aliphatic rings. The molecule has 0 N–H and O–H groups in total. The molecule has 24 heavy (non-hydrogen) atoms. The summed E-state index contributed by atoms with van der Waals surface area (Å²) in [5.74, 6) is -1.84. The predicted octanol–water partition coefficient (Wildman–Crippen LogP) is 1.39. The third-order valence-electron chi connectivity index (χ3n) is 3.14. The summed E-state index contributed by atoms with van der Waals surface area (Å²) in [5, 5.41) is -0.513. The fourth-order valence-electron chi connectivity index (χ4n) is 1.93. The van der Waals surface area contributed by atoms with E-state index in [0.717, 1.165) is 17.1 Å². The lowest BCUT2D eigenvalue weighted by Crippen LogP contribution is -2.24. The van der Waals surface area contributed by atoms with E-state index in [1.807, 2.05) is 0 Å². The molecule has 0 aliphatic carbocycles. The summed E-state index contributed by atoms with van der Waals surface area (Å²) in [5.41, 5.74) is 0.808. The highest BCUT2D eigenvalue weighted by Crippen LogP contribution is 2.21. The van der Waals surface area contributed by atoms with E-state index >= 15 is 0 Å². The number of halogens is 1. The van der Waals surface area contributed by atoms with Gasteiger partial charge in [-0.05, 0) is 18.2 Å². The summed E-state index contributed by atoms with van der Waals surface area (Å²) in [6, 6.07) is 5.24. The zero-order valence-corrected chi connectivity index (χ0v) is 15.4. The minimum Gasteiger partial charge on any atom is -0.383 e. The van der Waals surface area contributed by atoms with Gasteiger partial charge in [-0.15, -0.1) is 0 Å². The second-order valence-electron chi connectivity index (χ2n) is 4.90. The van der Waals surface area contributed by atoms with Crippen molar-refractivity contribution in [2.24, 2.45) is 4.99 Å². The normalized spacial score (nSPS) is 12.7. The van der Waals surface area contributed by atoms with Gasteiger partial charge in [0.05, 0.1) is 16.8 Å².